The molecule has 10 heteroatoms. The maximum atomic E-state index is 12.7. The van der Waals surface area contributed by atoms with Crippen molar-refractivity contribution in [3.63, 3.8) is 0 Å². The number of aryl methyl sites for hydroxylation is 1. The van der Waals surface area contributed by atoms with Crippen LogP contribution in [0, 0.1) is 6.92 Å². The van der Waals surface area contributed by atoms with E-state index in [1.54, 1.807) is 20.8 Å². The maximum absolute atomic E-state index is 12.7. The van der Waals surface area contributed by atoms with Crippen LogP contribution in [0.3, 0.4) is 0 Å². The van der Waals surface area contributed by atoms with Gasteiger partial charge in [-0.2, -0.15) is 5.10 Å². The summed E-state index contributed by atoms with van der Waals surface area (Å²) < 4.78 is 19.3. The third kappa shape index (κ3) is 7.90. The lowest BCUT2D eigenvalue weighted by Crippen LogP contribution is -2.34. The van der Waals surface area contributed by atoms with Crippen molar-refractivity contribution < 1.29 is 24.1 Å². The highest BCUT2D eigenvalue weighted by atomic mass is 35.5. The number of carbonyl (C=O) groups excluding carboxylic acids is 1. The van der Waals surface area contributed by atoms with E-state index >= 15 is 0 Å². The summed E-state index contributed by atoms with van der Waals surface area (Å²) in [5.74, 6) is 1.28. The first kappa shape index (κ1) is 35.2. The number of carbonyl (C=O) groups is 1. The van der Waals surface area contributed by atoms with Gasteiger partial charge in [0.25, 0.3) is 0 Å². The van der Waals surface area contributed by atoms with Crippen LogP contribution < -0.4 is 14.4 Å². The van der Waals surface area contributed by atoms with Crippen molar-refractivity contribution in [1.29, 1.82) is 0 Å². The fraction of sp³-hybridized carbons (Fsp3) is 0.375. The van der Waals surface area contributed by atoms with Gasteiger partial charge in [0.1, 0.15) is 18.1 Å². The predicted octanol–water partition coefficient (Wildman–Crippen LogP) is 8.34. The van der Waals surface area contributed by atoms with Gasteiger partial charge in [-0.15, -0.1) is 0 Å². The minimum absolute atomic E-state index is 0.0374. The van der Waals surface area contributed by atoms with E-state index in [1.165, 1.54) is 7.11 Å². The third-order valence-corrected chi connectivity index (χ3v) is 9.04. The molecule has 5 aromatic rings. The Bertz CT molecular complexity index is 1990. The molecule has 0 radical (unpaired) electrons. The van der Waals surface area contributed by atoms with Gasteiger partial charge in [0.05, 0.1) is 54.4 Å². The number of halogens is 1. The van der Waals surface area contributed by atoms with Crippen molar-refractivity contribution in [2.75, 3.05) is 38.3 Å². The molecule has 50 heavy (non-hydrogen) atoms. The Kier molecular flexibility index (Phi) is 10.6. The van der Waals surface area contributed by atoms with E-state index in [4.69, 9.17) is 41.0 Å². The Labute approximate surface area is 298 Å². The van der Waals surface area contributed by atoms with Gasteiger partial charge in [-0.1, -0.05) is 60.8 Å². The molecular weight excluding hydrogens is 652 g/mol. The van der Waals surface area contributed by atoms with Crippen molar-refractivity contribution in [2.24, 2.45) is 0 Å². The molecule has 0 saturated heterocycles. The summed E-state index contributed by atoms with van der Waals surface area (Å²) in [4.78, 5) is 19.9. The number of para-hydroxylation sites is 1. The smallest absolute Gasteiger partial charge is 0.310 e. The molecule has 7 rings (SSSR count). The van der Waals surface area contributed by atoms with Crippen molar-refractivity contribution in [3.8, 4) is 45.1 Å². The van der Waals surface area contributed by atoms with Gasteiger partial charge in [-0.3, -0.25) is 4.79 Å². The van der Waals surface area contributed by atoms with E-state index in [2.05, 4.69) is 23.1 Å². The molecule has 0 amide bonds. The third-order valence-electron chi connectivity index (χ3n) is 8.66. The average molecular weight is 697 g/mol. The standard InChI is InChI=1S/C36H35ClN4O4.C4H10O/c1-23-28(21-33(42)43-2)35-27-14-15-31-36(34(27)37)40(17-19-45-31)16-7-3-4-8-18-44-30-13-6-5-12-26(30)24-10-9-11-25(20-24)29-22-32(38-23)41(35)39-29;1-4(2,3)5/h5-6,9-15,20,22H,3-4,7-8,16-19,21H2,1-2H3;5H,1-3H3. The number of nitrogens with zero attached hydrogens (tertiary/aromatic N) is 4. The lowest BCUT2D eigenvalue weighted by molar-refractivity contribution is -0.139. The van der Waals surface area contributed by atoms with Crippen LogP contribution in [-0.4, -0.2) is 64.7 Å². The molecule has 262 valence electrons. The van der Waals surface area contributed by atoms with Crippen LogP contribution in [0.1, 0.15) is 57.7 Å². The van der Waals surface area contributed by atoms with E-state index in [-0.39, 0.29) is 12.4 Å². The average Bonchev–Trinajstić information content (AvgIpc) is 3.51. The highest BCUT2D eigenvalue weighted by Crippen LogP contribution is 2.45. The summed E-state index contributed by atoms with van der Waals surface area (Å²) in [5, 5.41) is 14.2. The van der Waals surface area contributed by atoms with Gasteiger partial charge in [0.15, 0.2) is 5.65 Å². The van der Waals surface area contributed by atoms with Crippen LogP contribution in [-0.2, 0) is 16.0 Å². The van der Waals surface area contributed by atoms with Gasteiger partial charge in [0, 0.05) is 40.6 Å². The first-order valence-corrected chi connectivity index (χ1v) is 17.6. The summed E-state index contributed by atoms with van der Waals surface area (Å²) >= 11 is 7.32. The molecule has 1 N–H and O–H groups in total. The van der Waals surface area contributed by atoms with Crippen LogP contribution in [0.15, 0.2) is 66.7 Å². The molecule has 0 saturated carbocycles. The maximum Gasteiger partial charge on any atom is 0.310 e. The normalized spacial score (nSPS) is 14.5. The predicted molar refractivity (Wildman–Crippen MR) is 198 cm³/mol. The Morgan fingerprint density at radius 1 is 0.900 bits per heavy atom. The first-order chi connectivity index (χ1) is 24.0. The van der Waals surface area contributed by atoms with Crippen LogP contribution in [0.5, 0.6) is 11.5 Å². The summed E-state index contributed by atoms with van der Waals surface area (Å²) in [7, 11) is 1.39. The molecule has 0 atom stereocenters. The fourth-order valence-corrected chi connectivity index (χ4v) is 6.72. The molecule has 2 aliphatic heterocycles. The molecule has 3 aromatic carbocycles. The van der Waals surface area contributed by atoms with Crippen LogP contribution in [0.2, 0.25) is 5.02 Å². The molecular formula is C40H45ClN4O5. The number of aliphatic hydroxyl groups is 1. The number of hydrogen-bond acceptors (Lipinski definition) is 8. The summed E-state index contributed by atoms with van der Waals surface area (Å²) in [6, 6.07) is 22.4. The molecule has 0 spiro atoms. The second-order valence-corrected chi connectivity index (χ2v) is 14.1. The second-order valence-electron chi connectivity index (χ2n) is 13.7. The number of esters is 1. The van der Waals surface area contributed by atoms with E-state index in [9.17, 15) is 4.79 Å². The lowest BCUT2D eigenvalue weighted by Gasteiger charge is -2.33. The largest absolute Gasteiger partial charge is 0.493 e. The van der Waals surface area contributed by atoms with Crippen LogP contribution >= 0.6 is 11.6 Å². The van der Waals surface area contributed by atoms with Gasteiger partial charge in [-0.05, 0) is 70.4 Å². The topological polar surface area (TPSA) is 98.4 Å². The SMILES string of the molecule is CC(C)(C)O.COC(=O)Cc1c(C)nc2cc3nn2c1-c1ccc2c(c1Cl)N(CCCCCCOc1ccccc1-c1cccc-3c1)CCO2. The zero-order valence-corrected chi connectivity index (χ0v) is 30.2. The Balaban J connectivity index is 0.000000808. The van der Waals surface area contributed by atoms with Gasteiger partial charge < -0.3 is 24.2 Å². The van der Waals surface area contributed by atoms with Gasteiger partial charge in [-0.25, -0.2) is 9.50 Å². The molecule has 2 aromatic heterocycles. The lowest BCUT2D eigenvalue weighted by atomic mass is 10.00. The quantitative estimate of drug-likeness (QED) is 0.184. The zero-order valence-electron chi connectivity index (χ0n) is 29.5. The number of hydrogen-bond donors (Lipinski definition) is 1. The summed E-state index contributed by atoms with van der Waals surface area (Å²) in [6.45, 7) is 10.0. The van der Waals surface area contributed by atoms with Crippen LogP contribution in [0.4, 0.5) is 5.69 Å². The van der Waals surface area contributed by atoms with E-state index in [1.807, 2.05) is 60.0 Å². The van der Waals surface area contributed by atoms with Crippen molar-refractivity contribution in [2.45, 2.75) is 65.4 Å². The molecule has 6 bridgehead atoms. The fourth-order valence-electron chi connectivity index (χ4n) is 6.36. The summed E-state index contributed by atoms with van der Waals surface area (Å²) in [5.41, 5.74) is 7.74. The number of ether oxygens (including phenoxy) is 3. The first-order valence-electron chi connectivity index (χ1n) is 17.2. The minimum atomic E-state index is -0.500. The second kappa shape index (κ2) is 15.1. The Hall–Kier alpha value is -4.60. The van der Waals surface area contributed by atoms with Crippen LogP contribution in [0.25, 0.3) is 39.3 Å². The number of methoxy groups -OCH3 is 1. The molecule has 4 heterocycles. The van der Waals surface area contributed by atoms with E-state index in [0.717, 1.165) is 101 Å². The van der Waals surface area contributed by atoms with E-state index in [0.29, 0.717) is 23.9 Å². The number of benzene rings is 3. The highest BCUT2D eigenvalue weighted by molar-refractivity contribution is 6.36. The zero-order chi connectivity index (χ0) is 35.4. The molecule has 2 aliphatic rings. The van der Waals surface area contributed by atoms with Crippen molar-refractivity contribution >= 4 is 28.9 Å². The number of rotatable bonds is 2. The highest BCUT2D eigenvalue weighted by Gasteiger charge is 2.28. The number of aromatic nitrogens is 3. The molecule has 0 unspecified atom stereocenters. The van der Waals surface area contributed by atoms with E-state index < -0.39 is 5.60 Å². The van der Waals surface area contributed by atoms with Gasteiger partial charge >= 0.3 is 5.97 Å². The molecule has 0 aliphatic carbocycles. The monoisotopic (exact) mass is 696 g/mol. The molecule has 0 fully saturated rings. The minimum Gasteiger partial charge on any atom is -0.493 e. The number of anilines is 1. The Morgan fingerprint density at radius 3 is 2.44 bits per heavy atom. The van der Waals surface area contributed by atoms with Crippen molar-refractivity contribution in [3.05, 3.63) is 83.0 Å². The number of fused-ring (bicyclic) bond motifs is 8. The molecule has 9 nitrogen and oxygen atoms in total. The van der Waals surface area contributed by atoms with Gasteiger partial charge in [0.2, 0.25) is 0 Å². The Morgan fingerprint density at radius 2 is 1.64 bits per heavy atom. The van der Waals surface area contributed by atoms with Crippen molar-refractivity contribution in [1.82, 2.24) is 14.6 Å². The summed E-state index contributed by atoms with van der Waals surface area (Å²) in [6.07, 6.45) is 4.21.